The first-order valence-corrected chi connectivity index (χ1v) is 10.2. The van der Waals surface area contributed by atoms with Crippen LogP contribution in [0.1, 0.15) is 38.1 Å². The molecular formula is C22H26FN5O2. The minimum absolute atomic E-state index is 0.0140. The fourth-order valence-corrected chi connectivity index (χ4v) is 4.20. The molecule has 4 rings (SSSR count). The quantitative estimate of drug-likeness (QED) is 0.575. The molecule has 30 heavy (non-hydrogen) atoms. The maximum Gasteiger partial charge on any atom is 0.222 e. The second-order valence-corrected chi connectivity index (χ2v) is 7.80. The van der Waals surface area contributed by atoms with Gasteiger partial charge in [0, 0.05) is 31.5 Å². The van der Waals surface area contributed by atoms with E-state index >= 15 is 0 Å². The van der Waals surface area contributed by atoms with E-state index in [9.17, 15) is 14.6 Å². The molecule has 2 aromatic heterocycles. The molecule has 7 nitrogen and oxygen atoms in total. The summed E-state index contributed by atoms with van der Waals surface area (Å²) in [7, 11) is 1.76. The lowest BCUT2D eigenvalue weighted by Crippen LogP contribution is -2.35. The van der Waals surface area contributed by atoms with Crippen molar-refractivity contribution in [1.82, 2.24) is 19.5 Å². The number of nitrogens with zero attached hydrogens (tertiary/aromatic N) is 4. The Hall–Kier alpha value is -2.84. The zero-order valence-corrected chi connectivity index (χ0v) is 16.9. The number of rotatable bonds is 6. The molecule has 1 fully saturated rings. The SMILES string of the molecule is CNc1nccc(-c2c(-c3ccc(F)cc3)ncn2C2CCC(O)(CCO)CC2)n1. The van der Waals surface area contributed by atoms with Crippen molar-refractivity contribution in [1.29, 1.82) is 0 Å². The lowest BCUT2D eigenvalue weighted by Gasteiger charge is -2.36. The lowest BCUT2D eigenvalue weighted by atomic mass is 9.80. The number of anilines is 1. The largest absolute Gasteiger partial charge is 0.396 e. The minimum atomic E-state index is -0.806. The van der Waals surface area contributed by atoms with E-state index in [1.807, 2.05) is 6.07 Å². The molecule has 8 heteroatoms. The van der Waals surface area contributed by atoms with E-state index in [-0.39, 0.29) is 18.5 Å². The first-order valence-electron chi connectivity index (χ1n) is 10.2. The van der Waals surface area contributed by atoms with Crippen molar-refractivity contribution in [3.8, 4) is 22.6 Å². The second kappa shape index (κ2) is 8.49. The summed E-state index contributed by atoms with van der Waals surface area (Å²) in [5, 5.41) is 22.8. The van der Waals surface area contributed by atoms with Crippen molar-refractivity contribution in [2.75, 3.05) is 19.0 Å². The van der Waals surface area contributed by atoms with E-state index < -0.39 is 5.60 Å². The smallest absolute Gasteiger partial charge is 0.222 e. The van der Waals surface area contributed by atoms with Crippen LogP contribution in [-0.2, 0) is 0 Å². The summed E-state index contributed by atoms with van der Waals surface area (Å²) in [6, 6.07) is 8.26. The van der Waals surface area contributed by atoms with Crippen LogP contribution in [0.2, 0.25) is 0 Å². The van der Waals surface area contributed by atoms with Gasteiger partial charge in [0.2, 0.25) is 5.95 Å². The van der Waals surface area contributed by atoms with E-state index in [0.29, 0.717) is 25.2 Å². The van der Waals surface area contributed by atoms with Crippen LogP contribution in [0.3, 0.4) is 0 Å². The summed E-state index contributed by atoms with van der Waals surface area (Å²) < 4.78 is 15.6. The molecule has 2 heterocycles. The summed E-state index contributed by atoms with van der Waals surface area (Å²) in [5.74, 6) is 0.209. The van der Waals surface area contributed by atoms with E-state index in [1.54, 1.807) is 31.7 Å². The molecule has 0 aliphatic heterocycles. The Morgan fingerprint density at radius 3 is 2.57 bits per heavy atom. The van der Waals surface area contributed by atoms with Gasteiger partial charge in [-0.2, -0.15) is 0 Å². The van der Waals surface area contributed by atoms with E-state index in [0.717, 1.165) is 35.5 Å². The molecule has 0 amide bonds. The van der Waals surface area contributed by atoms with Crippen LogP contribution in [0, 0.1) is 5.82 Å². The van der Waals surface area contributed by atoms with Crippen molar-refractivity contribution < 1.29 is 14.6 Å². The number of hydrogen-bond donors (Lipinski definition) is 3. The van der Waals surface area contributed by atoms with Gasteiger partial charge in [0.05, 0.1) is 29.0 Å². The summed E-state index contributed by atoms with van der Waals surface area (Å²) in [5.41, 5.74) is 2.30. The average molecular weight is 411 g/mol. The molecule has 1 aromatic carbocycles. The third-order valence-electron chi connectivity index (χ3n) is 5.89. The number of hydrogen-bond acceptors (Lipinski definition) is 6. The number of nitrogens with one attached hydrogen (secondary N) is 1. The number of halogens is 1. The van der Waals surface area contributed by atoms with Crippen LogP contribution < -0.4 is 5.32 Å². The minimum Gasteiger partial charge on any atom is -0.396 e. The van der Waals surface area contributed by atoms with Crippen LogP contribution in [-0.4, -0.2) is 49.0 Å². The molecule has 158 valence electrons. The first-order chi connectivity index (χ1) is 14.5. The van der Waals surface area contributed by atoms with Gasteiger partial charge in [-0.25, -0.2) is 19.3 Å². The molecule has 0 radical (unpaired) electrons. The van der Waals surface area contributed by atoms with Gasteiger partial charge in [-0.3, -0.25) is 0 Å². The van der Waals surface area contributed by atoms with Crippen molar-refractivity contribution in [2.24, 2.45) is 0 Å². The van der Waals surface area contributed by atoms with Crippen molar-refractivity contribution in [2.45, 2.75) is 43.7 Å². The van der Waals surface area contributed by atoms with Gasteiger partial charge in [-0.05, 0) is 62.4 Å². The van der Waals surface area contributed by atoms with Gasteiger partial charge < -0.3 is 20.1 Å². The summed E-state index contributed by atoms with van der Waals surface area (Å²) in [6.45, 7) is -0.0140. The Morgan fingerprint density at radius 1 is 1.17 bits per heavy atom. The van der Waals surface area contributed by atoms with Gasteiger partial charge in [0.25, 0.3) is 0 Å². The topological polar surface area (TPSA) is 96.1 Å². The lowest BCUT2D eigenvalue weighted by molar-refractivity contribution is -0.0258. The molecular weight excluding hydrogens is 385 g/mol. The van der Waals surface area contributed by atoms with Gasteiger partial charge in [-0.15, -0.1) is 0 Å². The maximum absolute atomic E-state index is 13.5. The van der Waals surface area contributed by atoms with E-state index in [4.69, 9.17) is 0 Å². The molecule has 3 aromatic rings. The number of aromatic nitrogens is 4. The Kier molecular flexibility index (Phi) is 5.78. The number of aliphatic hydroxyl groups is 2. The van der Waals surface area contributed by atoms with Crippen LogP contribution in [0.25, 0.3) is 22.6 Å². The Morgan fingerprint density at radius 2 is 1.90 bits per heavy atom. The standard InChI is InChI=1S/C22H26FN5O2/c1-24-21-25-12-8-18(27-21)20-19(15-2-4-16(23)5-3-15)26-14-28(20)17-6-9-22(30,10-7-17)11-13-29/h2-5,8,12,14,17,29-30H,6-7,9-11,13H2,1H3,(H,24,25,27). The fraction of sp³-hybridized carbons (Fsp3) is 0.409. The highest BCUT2D eigenvalue weighted by Crippen LogP contribution is 2.40. The van der Waals surface area contributed by atoms with Crippen LogP contribution >= 0.6 is 0 Å². The molecule has 0 bridgehead atoms. The molecule has 0 spiro atoms. The van der Waals surface area contributed by atoms with Gasteiger partial charge in [0.15, 0.2) is 0 Å². The van der Waals surface area contributed by atoms with Crippen molar-refractivity contribution >= 4 is 5.95 Å². The molecule has 0 unspecified atom stereocenters. The first kappa shape index (κ1) is 20.4. The van der Waals surface area contributed by atoms with Crippen LogP contribution in [0.15, 0.2) is 42.9 Å². The third-order valence-corrected chi connectivity index (χ3v) is 5.89. The molecule has 0 atom stereocenters. The average Bonchev–Trinajstić information content (AvgIpc) is 3.20. The highest BCUT2D eigenvalue weighted by Gasteiger charge is 2.34. The second-order valence-electron chi connectivity index (χ2n) is 7.80. The van der Waals surface area contributed by atoms with Crippen molar-refractivity contribution in [3.05, 3.63) is 48.7 Å². The van der Waals surface area contributed by atoms with Crippen LogP contribution in [0.4, 0.5) is 10.3 Å². The van der Waals surface area contributed by atoms with Gasteiger partial charge in [-0.1, -0.05) is 0 Å². The molecule has 1 aliphatic rings. The van der Waals surface area contributed by atoms with E-state index in [1.165, 1.54) is 12.1 Å². The summed E-state index contributed by atoms with van der Waals surface area (Å²) in [6.07, 6.45) is 6.67. The summed E-state index contributed by atoms with van der Waals surface area (Å²) >= 11 is 0. The molecule has 1 saturated carbocycles. The predicted octanol–water partition coefficient (Wildman–Crippen LogP) is 3.42. The monoisotopic (exact) mass is 411 g/mol. The normalized spacial score (nSPS) is 21.5. The third kappa shape index (κ3) is 4.06. The molecule has 1 aliphatic carbocycles. The van der Waals surface area contributed by atoms with E-state index in [2.05, 4.69) is 24.8 Å². The zero-order valence-electron chi connectivity index (χ0n) is 16.9. The Balaban J connectivity index is 1.75. The Bertz CT molecular complexity index is 997. The Labute approximate surface area is 174 Å². The van der Waals surface area contributed by atoms with Gasteiger partial charge in [0.1, 0.15) is 5.82 Å². The van der Waals surface area contributed by atoms with Crippen LogP contribution in [0.5, 0.6) is 0 Å². The van der Waals surface area contributed by atoms with Gasteiger partial charge >= 0.3 is 0 Å². The van der Waals surface area contributed by atoms with Crippen molar-refractivity contribution in [3.63, 3.8) is 0 Å². The highest BCUT2D eigenvalue weighted by atomic mass is 19.1. The zero-order chi connectivity index (χ0) is 21.1. The molecule has 3 N–H and O–H groups in total. The number of aliphatic hydroxyl groups excluding tert-OH is 1. The predicted molar refractivity (Wildman–Crippen MR) is 112 cm³/mol. The fourth-order valence-electron chi connectivity index (χ4n) is 4.20. The summed E-state index contributed by atoms with van der Waals surface area (Å²) in [4.78, 5) is 13.5. The highest BCUT2D eigenvalue weighted by molar-refractivity contribution is 5.77. The maximum atomic E-state index is 13.5. The molecule has 0 saturated heterocycles. The number of benzene rings is 1. The number of imidazole rings is 1.